The molecule has 66 heavy (non-hydrogen) atoms. The first-order valence-corrected chi connectivity index (χ1v) is 28.7. The maximum Gasteiger partial charge on any atom is 0.472 e. The third kappa shape index (κ3) is 35.0. The zero-order valence-electron chi connectivity index (χ0n) is 42.0. The van der Waals surface area contributed by atoms with Crippen LogP contribution in [-0.4, -0.2) is 98.9 Å². The highest BCUT2D eigenvalue weighted by atomic mass is 31.2. The fourth-order valence-corrected chi connectivity index (χ4v) is 9.48. The molecule has 12 nitrogen and oxygen atoms in total. The molecule has 0 spiro atoms. The predicted octanol–water partition coefficient (Wildman–Crippen LogP) is 12.4. The van der Waals surface area contributed by atoms with Crippen LogP contribution in [0.3, 0.4) is 0 Å². The Balaban J connectivity index is 2.31. The normalized spacial score (nSPS) is 21.5. The first-order chi connectivity index (χ1) is 32.0. The van der Waals surface area contributed by atoms with Crippen molar-refractivity contribution >= 4 is 13.8 Å². The van der Waals surface area contributed by atoms with Crippen LogP contribution in [0.2, 0.25) is 0 Å². The molecule has 0 aromatic carbocycles. The van der Waals surface area contributed by atoms with Crippen molar-refractivity contribution in [2.24, 2.45) is 0 Å². The summed E-state index contributed by atoms with van der Waals surface area (Å²) >= 11 is 0. The number of carbonyl (C=O) groups excluding carboxylic acids is 1. The van der Waals surface area contributed by atoms with Crippen molar-refractivity contribution in [2.45, 2.75) is 288 Å². The average Bonchev–Trinajstić information content (AvgIpc) is 3.30. The van der Waals surface area contributed by atoms with E-state index in [0.29, 0.717) is 13.0 Å². The first-order valence-electron chi connectivity index (χ1n) is 27.2. The van der Waals surface area contributed by atoms with Gasteiger partial charge in [0.2, 0.25) is 0 Å². The van der Waals surface area contributed by atoms with E-state index in [9.17, 15) is 39.8 Å². The van der Waals surface area contributed by atoms with E-state index in [2.05, 4.69) is 38.2 Å². The highest BCUT2D eigenvalue weighted by molar-refractivity contribution is 7.47. The molecule has 0 aromatic rings. The molecule has 1 rings (SSSR count). The van der Waals surface area contributed by atoms with Crippen molar-refractivity contribution in [2.75, 3.05) is 19.8 Å². The number of esters is 1. The Morgan fingerprint density at radius 3 is 1.30 bits per heavy atom. The van der Waals surface area contributed by atoms with Crippen molar-refractivity contribution in [1.82, 2.24) is 0 Å². The number of phosphoric acid groups is 1. The first kappa shape index (κ1) is 62.8. The van der Waals surface area contributed by atoms with Crippen molar-refractivity contribution in [3.63, 3.8) is 0 Å². The Hall–Kier alpha value is -1.18. The van der Waals surface area contributed by atoms with E-state index >= 15 is 0 Å². The average molecular weight is 961 g/mol. The number of aliphatic hydroxyl groups is 5. The maximum atomic E-state index is 12.9. The van der Waals surface area contributed by atoms with Gasteiger partial charge in [0.05, 0.1) is 13.2 Å². The third-order valence-corrected chi connectivity index (χ3v) is 13.8. The largest absolute Gasteiger partial charge is 0.472 e. The molecule has 1 fully saturated rings. The van der Waals surface area contributed by atoms with Crippen LogP contribution in [0.4, 0.5) is 0 Å². The van der Waals surface area contributed by atoms with Gasteiger partial charge in [0, 0.05) is 13.0 Å². The number of rotatable bonds is 47. The van der Waals surface area contributed by atoms with Crippen LogP contribution in [0.15, 0.2) is 24.3 Å². The molecule has 0 saturated heterocycles. The minimum atomic E-state index is -5.02. The van der Waals surface area contributed by atoms with Crippen molar-refractivity contribution < 1.29 is 58.3 Å². The summed E-state index contributed by atoms with van der Waals surface area (Å²) in [5.41, 5.74) is 0. The predicted molar refractivity (Wildman–Crippen MR) is 267 cm³/mol. The van der Waals surface area contributed by atoms with Gasteiger partial charge in [-0.3, -0.25) is 13.8 Å². The van der Waals surface area contributed by atoms with Crippen LogP contribution in [0.25, 0.3) is 0 Å². The van der Waals surface area contributed by atoms with Crippen LogP contribution in [0.1, 0.15) is 245 Å². The van der Waals surface area contributed by atoms with E-state index in [0.717, 1.165) is 51.4 Å². The van der Waals surface area contributed by atoms with E-state index < -0.39 is 63.1 Å². The van der Waals surface area contributed by atoms with E-state index in [1.807, 2.05) is 0 Å². The second-order valence-electron chi connectivity index (χ2n) is 19.1. The van der Waals surface area contributed by atoms with E-state index in [1.165, 1.54) is 167 Å². The summed E-state index contributed by atoms with van der Waals surface area (Å²) < 4.78 is 34.4. The molecule has 0 heterocycles. The molecule has 0 amide bonds. The van der Waals surface area contributed by atoms with E-state index in [-0.39, 0.29) is 13.0 Å². The van der Waals surface area contributed by atoms with Gasteiger partial charge in [-0.1, -0.05) is 218 Å². The summed E-state index contributed by atoms with van der Waals surface area (Å²) in [4.78, 5) is 23.3. The Bertz CT molecular complexity index is 1190. The van der Waals surface area contributed by atoms with Gasteiger partial charge in [-0.05, 0) is 44.9 Å². The number of ether oxygens (including phenoxy) is 2. The molecular formula is C53H101O12P. The van der Waals surface area contributed by atoms with Crippen molar-refractivity contribution in [3.05, 3.63) is 24.3 Å². The van der Waals surface area contributed by atoms with Gasteiger partial charge in [-0.25, -0.2) is 4.57 Å². The summed E-state index contributed by atoms with van der Waals surface area (Å²) in [6, 6.07) is 0. The molecular weight excluding hydrogens is 860 g/mol. The van der Waals surface area contributed by atoms with Gasteiger partial charge < -0.3 is 39.9 Å². The lowest BCUT2D eigenvalue weighted by atomic mass is 9.85. The summed E-state index contributed by atoms with van der Waals surface area (Å²) in [5.74, 6) is -0.477. The molecule has 0 aliphatic heterocycles. The quantitative estimate of drug-likeness (QED) is 0.0147. The van der Waals surface area contributed by atoms with Gasteiger partial charge >= 0.3 is 13.8 Å². The van der Waals surface area contributed by atoms with Crippen molar-refractivity contribution in [3.8, 4) is 0 Å². The Kier molecular flexibility index (Phi) is 41.7. The van der Waals surface area contributed by atoms with Gasteiger partial charge in [0.25, 0.3) is 0 Å². The number of hydrogen-bond acceptors (Lipinski definition) is 11. The second kappa shape index (κ2) is 43.8. The Morgan fingerprint density at radius 2 is 0.848 bits per heavy atom. The zero-order valence-corrected chi connectivity index (χ0v) is 42.9. The van der Waals surface area contributed by atoms with Gasteiger partial charge in [-0.2, -0.15) is 0 Å². The Morgan fingerprint density at radius 1 is 0.485 bits per heavy atom. The lowest BCUT2D eigenvalue weighted by Gasteiger charge is -2.41. The van der Waals surface area contributed by atoms with Gasteiger partial charge in [0.15, 0.2) is 0 Å². The van der Waals surface area contributed by atoms with E-state index in [1.54, 1.807) is 0 Å². The van der Waals surface area contributed by atoms with Crippen LogP contribution in [0, 0.1) is 0 Å². The zero-order chi connectivity index (χ0) is 48.4. The minimum Gasteiger partial charge on any atom is -0.457 e. The lowest BCUT2D eigenvalue weighted by Crippen LogP contribution is -2.64. The summed E-state index contributed by atoms with van der Waals surface area (Å²) in [6.07, 6.45) is 39.5. The van der Waals surface area contributed by atoms with Gasteiger partial charge in [-0.15, -0.1) is 0 Å². The number of aliphatic hydroxyl groups excluding tert-OH is 5. The maximum absolute atomic E-state index is 12.9. The molecule has 390 valence electrons. The number of allylic oxidation sites excluding steroid dienone is 4. The van der Waals surface area contributed by atoms with Crippen LogP contribution in [-0.2, 0) is 27.9 Å². The number of phosphoric ester groups is 1. The highest BCUT2D eigenvalue weighted by Crippen LogP contribution is 2.47. The second-order valence-corrected chi connectivity index (χ2v) is 20.5. The number of hydrogen-bond donors (Lipinski definition) is 6. The summed E-state index contributed by atoms with van der Waals surface area (Å²) in [5, 5.41) is 50.4. The molecule has 1 saturated carbocycles. The lowest BCUT2D eigenvalue weighted by molar-refractivity contribution is -0.220. The minimum absolute atomic E-state index is 0.0734. The Labute approximate surface area is 402 Å². The fraction of sp³-hybridized carbons (Fsp3) is 0.906. The molecule has 6 unspecified atom stereocenters. The standard InChI is InChI=1S/C53H101O12P/c1-3-5-7-9-11-13-15-17-19-21-23-25-27-29-31-33-35-37-39-41-43-62-44-46(45-63-66(60,61)65-53-51(58)49(56)48(55)50(57)52(53)59)64-47(54)42-40-38-36-34-32-30-28-26-24-22-20-18-16-14-12-10-8-6-4-2/h12,14,18,20,46,48-53,55-59H,3-11,13,15-17,19,21-45H2,1-2H3,(H,60,61)/b14-12-,20-18-. The molecule has 0 radical (unpaired) electrons. The fourth-order valence-electron chi connectivity index (χ4n) is 8.51. The number of carbonyl (C=O) groups is 1. The summed E-state index contributed by atoms with van der Waals surface area (Å²) in [6.45, 7) is 4.28. The van der Waals surface area contributed by atoms with Gasteiger partial charge in [0.1, 0.15) is 42.7 Å². The monoisotopic (exact) mass is 961 g/mol. The topological polar surface area (TPSA) is 192 Å². The number of unbranched alkanes of at least 4 members (excludes halogenated alkanes) is 31. The third-order valence-electron chi connectivity index (χ3n) is 12.8. The van der Waals surface area contributed by atoms with Crippen LogP contribution >= 0.6 is 7.82 Å². The van der Waals surface area contributed by atoms with Crippen LogP contribution in [0.5, 0.6) is 0 Å². The highest BCUT2D eigenvalue weighted by Gasteiger charge is 2.51. The SMILES string of the molecule is CCCCC/C=C\C/C=C\CCCCCCCCCCCC(=O)OC(COCCCCCCCCCCCCCCCCCCCCCC)COP(=O)(O)OC1C(O)C(O)C(O)C(O)C1O. The molecule has 6 atom stereocenters. The summed E-state index contributed by atoms with van der Waals surface area (Å²) in [7, 11) is -5.02. The molecule has 0 aromatic heterocycles. The molecule has 1 aliphatic carbocycles. The molecule has 6 N–H and O–H groups in total. The van der Waals surface area contributed by atoms with Crippen LogP contribution < -0.4 is 0 Å². The molecule has 13 heteroatoms. The molecule has 1 aliphatic rings. The smallest absolute Gasteiger partial charge is 0.457 e. The van der Waals surface area contributed by atoms with E-state index in [4.69, 9.17) is 18.5 Å². The van der Waals surface area contributed by atoms with Crippen molar-refractivity contribution in [1.29, 1.82) is 0 Å². The molecule has 0 bridgehead atoms.